The van der Waals surface area contributed by atoms with Crippen molar-refractivity contribution in [2.45, 2.75) is 39.3 Å². The molecule has 0 saturated carbocycles. The molecule has 0 aliphatic rings. The Kier molecular flexibility index (Phi) is 3.47. The number of aryl methyl sites for hydroxylation is 2. The van der Waals surface area contributed by atoms with Crippen LogP contribution in [-0.4, -0.2) is 24.5 Å². The van der Waals surface area contributed by atoms with Crippen molar-refractivity contribution in [3.63, 3.8) is 0 Å². The first-order valence-corrected chi connectivity index (χ1v) is 6.22. The summed E-state index contributed by atoms with van der Waals surface area (Å²) in [6.45, 7) is 6.20. The fourth-order valence-electron chi connectivity index (χ4n) is 2.02. The summed E-state index contributed by atoms with van der Waals surface area (Å²) in [5.41, 5.74) is 8.28. The summed E-state index contributed by atoms with van der Waals surface area (Å²) in [6.07, 6.45) is 2.45. The summed E-state index contributed by atoms with van der Waals surface area (Å²) < 4.78 is 3.67. The summed E-state index contributed by atoms with van der Waals surface area (Å²) in [4.78, 5) is 4.28. The van der Waals surface area contributed by atoms with Crippen LogP contribution in [0.25, 0.3) is 0 Å². The molecule has 0 fully saturated rings. The van der Waals surface area contributed by atoms with Gasteiger partial charge in [-0.15, -0.1) is 0 Å². The summed E-state index contributed by atoms with van der Waals surface area (Å²) in [5.74, 6) is 0.774. The second-order valence-corrected chi connectivity index (χ2v) is 4.67. The Morgan fingerprint density at radius 1 is 1.39 bits per heavy atom. The minimum Gasteiger partial charge on any atom is -0.316 e. The molecule has 1 unspecified atom stereocenters. The second-order valence-electron chi connectivity index (χ2n) is 4.67. The lowest BCUT2D eigenvalue weighted by atomic mass is 10.1. The van der Waals surface area contributed by atoms with Crippen molar-refractivity contribution in [1.82, 2.24) is 24.5 Å². The zero-order valence-corrected chi connectivity index (χ0v) is 11.3. The zero-order valence-electron chi connectivity index (χ0n) is 11.3. The van der Waals surface area contributed by atoms with Gasteiger partial charge < -0.3 is 5.73 Å². The predicted molar refractivity (Wildman–Crippen MR) is 69.0 cm³/mol. The first-order valence-electron chi connectivity index (χ1n) is 6.22. The molecule has 0 bridgehead atoms. The van der Waals surface area contributed by atoms with E-state index in [1.807, 2.05) is 22.5 Å². The third kappa shape index (κ3) is 2.15. The quantitative estimate of drug-likeness (QED) is 0.882. The maximum absolute atomic E-state index is 6.28. The summed E-state index contributed by atoms with van der Waals surface area (Å²) in [5, 5.41) is 8.63. The summed E-state index contributed by atoms with van der Waals surface area (Å²) >= 11 is 0. The van der Waals surface area contributed by atoms with Crippen molar-refractivity contribution in [3.8, 4) is 0 Å². The highest BCUT2D eigenvalue weighted by Gasteiger charge is 2.20. The molecule has 0 radical (unpaired) electrons. The molecule has 0 saturated heterocycles. The lowest BCUT2D eigenvalue weighted by molar-refractivity contribution is 0.487. The Hall–Kier alpha value is -1.69. The van der Waals surface area contributed by atoms with Gasteiger partial charge in [-0.3, -0.25) is 4.68 Å². The van der Waals surface area contributed by atoms with Crippen LogP contribution < -0.4 is 5.73 Å². The Balaban J connectivity index is 2.38. The highest BCUT2D eigenvalue weighted by atomic mass is 15.4. The minimum atomic E-state index is -0.298. The molecule has 0 aliphatic heterocycles. The van der Waals surface area contributed by atoms with Gasteiger partial charge >= 0.3 is 0 Å². The molecule has 0 amide bonds. The Morgan fingerprint density at radius 3 is 2.67 bits per heavy atom. The number of nitrogens with two attached hydrogens (primary N) is 1. The van der Waals surface area contributed by atoms with Crippen molar-refractivity contribution in [2.24, 2.45) is 12.8 Å². The fraction of sp³-hybridized carbons (Fsp3) is 0.583. The maximum atomic E-state index is 6.28. The highest BCUT2D eigenvalue weighted by molar-refractivity contribution is 5.20. The molecule has 1 atom stereocenters. The van der Waals surface area contributed by atoms with E-state index >= 15 is 0 Å². The highest BCUT2D eigenvalue weighted by Crippen LogP contribution is 2.20. The van der Waals surface area contributed by atoms with Gasteiger partial charge in [0.2, 0.25) is 0 Å². The summed E-state index contributed by atoms with van der Waals surface area (Å²) in [7, 11) is 1.91. The van der Waals surface area contributed by atoms with E-state index in [1.54, 1.807) is 6.33 Å². The van der Waals surface area contributed by atoms with Gasteiger partial charge in [0.1, 0.15) is 18.2 Å². The van der Waals surface area contributed by atoms with E-state index in [-0.39, 0.29) is 12.1 Å². The normalized spacial score (nSPS) is 13.2. The SMILES string of the molecule is CCc1cc(C(N)c2ncnn2C(C)C)n(C)n1. The molecular formula is C12H20N6. The van der Waals surface area contributed by atoms with E-state index in [9.17, 15) is 0 Å². The first kappa shape index (κ1) is 12.8. The zero-order chi connectivity index (χ0) is 13.3. The number of hydrogen-bond acceptors (Lipinski definition) is 4. The second kappa shape index (κ2) is 4.89. The molecule has 2 aromatic rings. The first-order chi connectivity index (χ1) is 8.54. The van der Waals surface area contributed by atoms with Crippen molar-refractivity contribution in [1.29, 1.82) is 0 Å². The van der Waals surface area contributed by atoms with Gasteiger partial charge in [-0.2, -0.15) is 10.2 Å². The van der Waals surface area contributed by atoms with Crippen molar-refractivity contribution >= 4 is 0 Å². The van der Waals surface area contributed by atoms with E-state index in [2.05, 4.69) is 36.0 Å². The number of hydrogen-bond donors (Lipinski definition) is 1. The van der Waals surface area contributed by atoms with Gasteiger partial charge in [0.05, 0.1) is 11.4 Å². The predicted octanol–water partition coefficient (Wildman–Crippen LogP) is 1.20. The van der Waals surface area contributed by atoms with Crippen LogP contribution in [0.1, 0.15) is 50.1 Å². The van der Waals surface area contributed by atoms with E-state index in [0.29, 0.717) is 0 Å². The van der Waals surface area contributed by atoms with Crippen LogP contribution in [0.2, 0.25) is 0 Å². The molecule has 0 aliphatic carbocycles. The van der Waals surface area contributed by atoms with E-state index in [1.165, 1.54) is 0 Å². The number of aromatic nitrogens is 5. The average Bonchev–Trinajstić information content (AvgIpc) is 2.94. The standard InChI is InChI=1S/C12H20N6/c1-5-9-6-10(17(4)16-9)11(13)12-14-7-15-18(12)8(2)3/h6-8,11H,5,13H2,1-4H3. The maximum Gasteiger partial charge on any atom is 0.150 e. The van der Waals surface area contributed by atoms with Crippen LogP contribution in [0.15, 0.2) is 12.4 Å². The lowest BCUT2D eigenvalue weighted by Crippen LogP contribution is -2.22. The minimum absolute atomic E-state index is 0.243. The van der Waals surface area contributed by atoms with Crippen molar-refractivity contribution in [2.75, 3.05) is 0 Å². The largest absolute Gasteiger partial charge is 0.316 e. The fourth-order valence-corrected chi connectivity index (χ4v) is 2.02. The van der Waals surface area contributed by atoms with Crippen LogP contribution in [0.3, 0.4) is 0 Å². The third-order valence-corrected chi connectivity index (χ3v) is 3.02. The lowest BCUT2D eigenvalue weighted by Gasteiger charge is -2.15. The molecule has 98 valence electrons. The van der Waals surface area contributed by atoms with Crippen LogP contribution in [0.4, 0.5) is 0 Å². The number of nitrogens with zero attached hydrogens (tertiary/aromatic N) is 5. The molecule has 6 heteroatoms. The molecule has 6 nitrogen and oxygen atoms in total. The topological polar surface area (TPSA) is 74.5 Å². The van der Waals surface area contributed by atoms with E-state index in [4.69, 9.17) is 5.73 Å². The van der Waals surface area contributed by atoms with Gasteiger partial charge in [-0.05, 0) is 26.3 Å². The smallest absolute Gasteiger partial charge is 0.150 e. The molecule has 18 heavy (non-hydrogen) atoms. The Bertz CT molecular complexity index is 524. The average molecular weight is 248 g/mol. The molecule has 2 aromatic heterocycles. The molecule has 0 spiro atoms. The molecule has 0 aromatic carbocycles. The van der Waals surface area contributed by atoms with Crippen LogP contribution in [0.5, 0.6) is 0 Å². The van der Waals surface area contributed by atoms with Gasteiger partial charge in [-0.25, -0.2) is 9.67 Å². The Labute approximate surface area is 107 Å². The van der Waals surface area contributed by atoms with E-state index < -0.39 is 0 Å². The molecule has 2 rings (SSSR count). The van der Waals surface area contributed by atoms with Gasteiger partial charge in [0.25, 0.3) is 0 Å². The summed E-state index contributed by atoms with van der Waals surface area (Å²) in [6, 6.07) is 1.98. The van der Waals surface area contributed by atoms with Crippen LogP contribution >= 0.6 is 0 Å². The molecular weight excluding hydrogens is 228 g/mol. The van der Waals surface area contributed by atoms with Gasteiger partial charge in [0, 0.05) is 13.1 Å². The van der Waals surface area contributed by atoms with Crippen molar-refractivity contribution in [3.05, 3.63) is 29.6 Å². The molecule has 2 heterocycles. The third-order valence-electron chi connectivity index (χ3n) is 3.02. The van der Waals surface area contributed by atoms with Crippen LogP contribution in [-0.2, 0) is 13.5 Å². The van der Waals surface area contributed by atoms with Crippen molar-refractivity contribution < 1.29 is 0 Å². The Morgan fingerprint density at radius 2 is 2.11 bits per heavy atom. The van der Waals surface area contributed by atoms with E-state index in [0.717, 1.165) is 23.6 Å². The monoisotopic (exact) mass is 248 g/mol. The molecule has 2 N–H and O–H groups in total. The van der Waals surface area contributed by atoms with Gasteiger partial charge in [0.15, 0.2) is 0 Å². The van der Waals surface area contributed by atoms with Crippen LogP contribution in [0, 0.1) is 0 Å². The van der Waals surface area contributed by atoms with Gasteiger partial charge in [-0.1, -0.05) is 6.92 Å². The number of rotatable bonds is 4.